The number of morpholine rings is 1. The third-order valence-corrected chi connectivity index (χ3v) is 3.00. The van der Waals surface area contributed by atoms with Gasteiger partial charge in [-0.05, 0) is 20.8 Å². The van der Waals surface area contributed by atoms with Gasteiger partial charge in [0.1, 0.15) is 11.6 Å². The Morgan fingerprint density at radius 2 is 1.80 bits per heavy atom. The van der Waals surface area contributed by atoms with Crippen molar-refractivity contribution in [2.75, 3.05) is 26.3 Å². The SMILES string of the molecule is CC(NC(=O)NC(C)(C)C(=O)O)C(=O)N1CCOCC1. The van der Waals surface area contributed by atoms with Gasteiger partial charge < -0.3 is 25.4 Å². The molecule has 3 amide bonds. The number of amides is 3. The third-order valence-electron chi connectivity index (χ3n) is 3.00. The second kappa shape index (κ2) is 6.56. The molecule has 1 rings (SSSR count). The van der Waals surface area contributed by atoms with E-state index >= 15 is 0 Å². The summed E-state index contributed by atoms with van der Waals surface area (Å²) in [5, 5.41) is 13.6. The van der Waals surface area contributed by atoms with Gasteiger partial charge in [-0.25, -0.2) is 9.59 Å². The maximum absolute atomic E-state index is 12.0. The van der Waals surface area contributed by atoms with Crippen molar-refractivity contribution in [3.8, 4) is 0 Å². The molecule has 0 bridgehead atoms. The van der Waals surface area contributed by atoms with Gasteiger partial charge in [-0.15, -0.1) is 0 Å². The molecule has 20 heavy (non-hydrogen) atoms. The molecule has 1 aliphatic rings. The first kappa shape index (κ1) is 16.2. The average Bonchev–Trinajstić information content (AvgIpc) is 2.37. The maximum atomic E-state index is 12.0. The first-order chi connectivity index (χ1) is 9.24. The summed E-state index contributed by atoms with van der Waals surface area (Å²) in [7, 11) is 0. The predicted molar refractivity (Wildman–Crippen MR) is 70.2 cm³/mol. The molecule has 1 saturated heterocycles. The highest BCUT2D eigenvalue weighted by Gasteiger charge is 2.30. The fourth-order valence-electron chi connectivity index (χ4n) is 1.69. The molecule has 0 spiro atoms. The van der Waals surface area contributed by atoms with Crippen molar-refractivity contribution in [1.82, 2.24) is 15.5 Å². The van der Waals surface area contributed by atoms with Gasteiger partial charge in [0.05, 0.1) is 13.2 Å². The molecule has 3 N–H and O–H groups in total. The number of nitrogens with one attached hydrogen (secondary N) is 2. The summed E-state index contributed by atoms with van der Waals surface area (Å²) in [5.74, 6) is -1.36. The molecule has 0 saturated carbocycles. The monoisotopic (exact) mass is 287 g/mol. The van der Waals surface area contributed by atoms with E-state index in [1.54, 1.807) is 11.8 Å². The van der Waals surface area contributed by atoms with E-state index in [-0.39, 0.29) is 5.91 Å². The van der Waals surface area contributed by atoms with Crippen LogP contribution >= 0.6 is 0 Å². The van der Waals surface area contributed by atoms with Gasteiger partial charge in [0, 0.05) is 13.1 Å². The van der Waals surface area contributed by atoms with Crippen LogP contribution in [0.25, 0.3) is 0 Å². The molecule has 1 atom stereocenters. The lowest BCUT2D eigenvalue weighted by atomic mass is 10.1. The summed E-state index contributed by atoms with van der Waals surface area (Å²) in [5.41, 5.74) is -1.40. The van der Waals surface area contributed by atoms with E-state index in [1.807, 2.05) is 0 Å². The van der Waals surface area contributed by atoms with Crippen molar-refractivity contribution < 1.29 is 24.2 Å². The summed E-state index contributed by atoms with van der Waals surface area (Å²) in [4.78, 5) is 36.2. The maximum Gasteiger partial charge on any atom is 0.328 e. The number of carbonyl (C=O) groups is 3. The molecule has 8 nitrogen and oxygen atoms in total. The number of nitrogens with zero attached hydrogens (tertiary/aromatic N) is 1. The van der Waals surface area contributed by atoms with Crippen LogP contribution in [0, 0.1) is 0 Å². The number of carboxylic acids is 1. The second-order valence-electron chi connectivity index (χ2n) is 5.19. The molecule has 0 radical (unpaired) electrons. The lowest BCUT2D eigenvalue weighted by molar-refractivity contribution is -0.142. The fraction of sp³-hybridized carbons (Fsp3) is 0.750. The van der Waals surface area contributed by atoms with Gasteiger partial charge >= 0.3 is 12.0 Å². The van der Waals surface area contributed by atoms with E-state index in [9.17, 15) is 14.4 Å². The minimum atomic E-state index is -1.40. The van der Waals surface area contributed by atoms with Crippen LogP contribution in [0.5, 0.6) is 0 Å². The minimum Gasteiger partial charge on any atom is -0.480 e. The smallest absolute Gasteiger partial charge is 0.328 e. The highest BCUT2D eigenvalue weighted by Crippen LogP contribution is 2.03. The zero-order chi connectivity index (χ0) is 15.3. The van der Waals surface area contributed by atoms with Crippen molar-refractivity contribution in [1.29, 1.82) is 0 Å². The van der Waals surface area contributed by atoms with Crippen LogP contribution in [0.1, 0.15) is 20.8 Å². The van der Waals surface area contributed by atoms with Crippen molar-refractivity contribution in [3.63, 3.8) is 0 Å². The second-order valence-corrected chi connectivity index (χ2v) is 5.19. The first-order valence-corrected chi connectivity index (χ1v) is 6.42. The summed E-state index contributed by atoms with van der Waals surface area (Å²) < 4.78 is 5.14. The van der Waals surface area contributed by atoms with Crippen molar-refractivity contribution in [2.45, 2.75) is 32.4 Å². The van der Waals surface area contributed by atoms with Crippen LogP contribution in [0.15, 0.2) is 0 Å². The molecule has 0 aliphatic carbocycles. The largest absolute Gasteiger partial charge is 0.480 e. The van der Waals surface area contributed by atoms with Crippen molar-refractivity contribution in [3.05, 3.63) is 0 Å². The summed E-state index contributed by atoms with van der Waals surface area (Å²) in [6.45, 7) is 6.24. The molecular weight excluding hydrogens is 266 g/mol. The van der Waals surface area contributed by atoms with Gasteiger partial charge in [-0.1, -0.05) is 0 Å². The van der Waals surface area contributed by atoms with Crippen LogP contribution in [-0.2, 0) is 14.3 Å². The number of rotatable bonds is 4. The Kier molecular flexibility index (Phi) is 5.32. The highest BCUT2D eigenvalue weighted by molar-refractivity contribution is 5.89. The quantitative estimate of drug-likeness (QED) is 0.639. The minimum absolute atomic E-state index is 0.211. The topological polar surface area (TPSA) is 108 Å². The number of urea groups is 1. The Balaban J connectivity index is 2.48. The third kappa shape index (κ3) is 4.37. The highest BCUT2D eigenvalue weighted by atomic mass is 16.5. The summed E-state index contributed by atoms with van der Waals surface area (Å²) >= 11 is 0. The van der Waals surface area contributed by atoms with E-state index < -0.39 is 23.6 Å². The Morgan fingerprint density at radius 3 is 2.30 bits per heavy atom. The lowest BCUT2D eigenvalue weighted by Crippen LogP contribution is -2.57. The Hall–Kier alpha value is -1.83. The molecule has 0 aromatic heterocycles. The molecular formula is C12H21N3O5. The summed E-state index contributed by atoms with van der Waals surface area (Å²) in [6, 6.07) is -1.41. The number of ether oxygens (including phenoxy) is 1. The van der Waals surface area contributed by atoms with Crippen LogP contribution in [0.4, 0.5) is 4.79 Å². The van der Waals surface area contributed by atoms with Crippen LogP contribution in [0.2, 0.25) is 0 Å². The van der Waals surface area contributed by atoms with E-state index in [0.29, 0.717) is 26.3 Å². The Labute approximate surface area is 117 Å². The van der Waals surface area contributed by atoms with Crippen molar-refractivity contribution >= 4 is 17.9 Å². The fourth-order valence-corrected chi connectivity index (χ4v) is 1.69. The average molecular weight is 287 g/mol. The van der Waals surface area contributed by atoms with Crippen LogP contribution < -0.4 is 10.6 Å². The predicted octanol–water partition coefficient (Wildman–Crippen LogP) is -0.604. The number of carbonyl (C=O) groups excluding carboxylic acids is 2. The molecule has 1 aliphatic heterocycles. The van der Waals surface area contributed by atoms with Gasteiger partial charge in [0.25, 0.3) is 0 Å². The number of hydrogen-bond acceptors (Lipinski definition) is 4. The first-order valence-electron chi connectivity index (χ1n) is 6.42. The van der Waals surface area contributed by atoms with Crippen molar-refractivity contribution in [2.24, 2.45) is 0 Å². The zero-order valence-electron chi connectivity index (χ0n) is 11.9. The number of aliphatic carboxylic acids is 1. The molecule has 1 fully saturated rings. The standard InChI is InChI=1S/C12H21N3O5/c1-8(9(16)15-4-6-20-7-5-15)13-11(19)14-12(2,3)10(17)18/h8H,4-7H2,1-3H3,(H,17,18)(H2,13,14,19). The Morgan fingerprint density at radius 1 is 1.25 bits per heavy atom. The molecule has 114 valence electrons. The van der Waals surface area contributed by atoms with Gasteiger partial charge in [-0.2, -0.15) is 0 Å². The summed E-state index contributed by atoms with van der Waals surface area (Å²) in [6.07, 6.45) is 0. The number of hydrogen-bond donors (Lipinski definition) is 3. The van der Waals surface area contributed by atoms with E-state index in [0.717, 1.165) is 0 Å². The van der Waals surface area contributed by atoms with Gasteiger partial charge in [0.2, 0.25) is 5.91 Å². The number of carboxylic acid groups (broad SMARTS) is 1. The van der Waals surface area contributed by atoms with E-state index in [4.69, 9.17) is 9.84 Å². The Bertz CT molecular complexity index is 391. The normalized spacial score (nSPS) is 17.2. The molecule has 0 aromatic rings. The molecule has 8 heteroatoms. The molecule has 1 unspecified atom stereocenters. The van der Waals surface area contributed by atoms with E-state index in [2.05, 4.69) is 10.6 Å². The van der Waals surface area contributed by atoms with Gasteiger partial charge in [0.15, 0.2) is 0 Å². The zero-order valence-corrected chi connectivity index (χ0v) is 11.9. The van der Waals surface area contributed by atoms with Crippen LogP contribution in [-0.4, -0.2) is 65.8 Å². The lowest BCUT2D eigenvalue weighted by Gasteiger charge is -2.30. The van der Waals surface area contributed by atoms with Crippen LogP contribution in [0.3, 0.4) is 0 Å². The van der Waals surface area contributed by atoms with E-state index in [1.165, 1.54) is 13.8 Å². The molecule has 1 heterocycles. The molecule has 0 aromatic carbocycles. The van der Waals surface area contributed by atoms with Gasteiger partial charge in [-0.3, -0.25) is 4.79 Å².